The summed E-state index contributed by atoms with van der Waals surface area (Å²) in [4.78, 5) is 7.95. The van der Waals surface area contributed by atoms with Gasteiger partial charge in [0, 0.05) is 38.4 Å². The lowest BCUT2D eigenvalue weighted by molar-refractivity contribution is 0.171. The quantitative estimate of drug-likeness (QED) is 0.736. The van der Waals surface area contributed by atoms with Crippen molar-refractivity contribution in [2.75, 3.05) is 45.9 Å². The molecule has 1 unspecified atom stereocenters. The summed E-state index contributed by atoms with van der Waals surface area (Å²) in [6.45, 7) is 5.19. The van der Waals surface area contributed by atoms with Crippen LogP contribution < -0.4 is 10.2 Å². The van der Waals surface area contributed by atoms with Crippen LogP contribution in [0.5, 0.6) is 0 Å². The average molecular weight is 273 g/mol. The van der Waals surface area contributed by atoms with E-state index in [4.69, 9.17) is 9.47 Å². The second-order valence-electron chi connectivity index (χ2n) is 4.13. The van der Waals surface area contributed by atoms with E-state index in [0.29, 0.717) is 19.3 Å². The molecule has 1 aromatic rings. The predicted octanol–water partition coefficient (Wildman–Crippen LogP) is 1.35. The summed E-state index contributed by atoms with van der Waals surface area (Å²) in [5, 5.41) is 4.17. The maximum Gasteiger partial charge on any atom is 0.185 e. The fourth-order valence-corrected chi connectivity index (χ4v) is 2.76. The van der Waals surface area contributed by atoms with Gasteiger partial charge >= 0.3 is 0 Å². The fourth-order valence-electron chi connectivity index (χ4n) is 1.71. The first-order valence-electron chi connectivity index (χ1n) is 6.06. The maximum atomic E-state index is 5.22. The number of anilines is 1. The zero-order valence-electron chi connectivity index (χ0n) is 11.6. The lowest BCUT2D eigenvalue weighted by Gasteiger charge is -2.28. The molecule has 0 aliphatic rings. The standard InChI is InChI=1S/C12H23N3O2S/c1-10(9-17-4)15(5-6-16-3)12-14-8-11(18-12)7-13-2/h8,10,13H,5-7,9H2,1-4H3. The largest absolute Gasteiger partial charge is 0.383 e. The van der Waals surface area contributed by atoms with Crippen molar-refractivity contribution in [1.82, 2.24) is 10.3 Å². The number of hydrogen-bond acceptors (Lipinski definition) is 6. The summed E-state index contributed by atoms with van der Waals surface area (Å²) < 4.78 is 10.4. The number of thiazole rings is 1. The van der Waals surface area contributed by atoms with Gasteiger partial charge in [0.15, 0.2) is 5.13 Å². The van der Waals surface area contributed by atoms with E-state index in [-0.39, 0.29) is 0 Å². The molecule has 1 N–H and O–H groups in total. The number of hydrogen-bond donors (Lipinski definition) is 1. The van der Waals surface area contributed by atoms with Gasteiger partial charge in [0.25, 0.3) is 0 Å². The minimum atomic E-state index is 0.290. The van der Waals surface area contributed by atoms with Gasteiger partial charge < -0.3 is 19.7 Å². The highest BCUT2D eigenvalue weighted by Gasteiger charge is 2.17. The Balaban J connectivity index is 2.72. The number of nitrogens with zero attached hydrogens (tertiary/aromatic N) is 2. The summed E-state index contributed by atoms with van der Waals surface area (Å²) in [5.41, 5.74) is 0. The summed E-state index contributed by atoms with van der Waals surface area (Å²) in [5.74, 6) is 0. The van der Waals surface area contributed by atoms with Gasteiger partial charge in [0.05, 0.1) is 19.3 Å². The van der Waals surface area contributed by atoms with E-state index in [1.54, 1.807) is 25.6 Å². The zero-order valence-corrected chi connectivity index (χ0v) is 12.4. The van der Waals surface area contributed by atoms with Crippen LogP contribution in [-0.2, 0) is 16.0 Å². The summed E-state index contributed by atoms with van der Waals surface area (Å²) in [6, 6.07) is 0.290. The molecule has 0 aromatic carbocycles. The van der Waals surface area contributed by atoms with Crippen LogP contribution in [0.4, 0.5) is 5.13 Å². The van der Waals surface area contributed by atoms with Crippen molar-refractivity contribution in [3.63, 3.8) is 0 Å². The molecule has 0 spiro atoms. The van der Waals surface area contributed by atoms with Crippen LogP contribution in [-0.4, -0.2) is 52.1 Å². The summed E-state index contributed by atoms with van der Waals surface area (Å²) in [6.07, 6.45) is 1.93. The van der Waals surface area contributed by atoms with Crippen LogP contribution in [0.25, 0.3) is 0 Å². The van der Waals surface area contributed by atoms with Crippen molar-refractivity contribution in [3.8, 4) is 0 Å². The van der Waals surface area contributed by atoms with Crippen LogP contribution >= 0.6 is 11.3 Å². The lowest BCUT2D eigenvalue weighted by atomic mass is 10.3. The van der Waals surface area contributed by atoms with Gasteiger partial charge in [0.1, 0.15) is 0 Å². The number of ether oxygens (including phenoxy) is 2. The third-order valence-electron chi connectivity index (χ3n) is 2.61. The Labute approximate surface area is 113 Å². The van der Waals surface area contributed by atoms with Crippen LogP contribution in [0.1, 0.15) is 11.8 Å². The van der Waals surface area contributed by atoms with Crippen LogP contribution in [0, 0.1) is 0 Å². The molecule has 0 radical (unpaired) electrons. The topological polar surface area (TPSA) is 46.6 Å². The van der Waals surface area contributed by atoms with Crippen molar-refractivity contribution < 1.29 is 9.47 Å². The van der Waals surface area contributed by atoms with E-state index in [1.807, 2.05) is 13.2 Å². The molecule has 0 fully saturated rings. The van der Waals surface area contributed by atoms with E-state index in [9.17, 15) is 0 Å². The van der Waals surface area contributed by atoms with Gasteiger partial charge in [-0.25, -0.2) is 4.98 Å². The lowest BCUT2D eigenvalue weighted by Crippen LogP contribution is -2.38. The Morgan fingerprint density at radius 1 is 1.44 bits per heavy atom. The van der Waals surface area contributed by atoms with E-state index in [0.717, 1.165) is 18.2 Å². The van der Waals surface area contributed by atoms with Crippen molar-refractivity contribution in [1.29, 1.82) is 0 Å². The fraction of sp³-hybridized carbons (Fsp3) is 0.750. The first-order valence-corrected chi connectivity index (χ1v) is 6.88. The molecule has 0 amide bonds. The van der Waals surface area contributed by atoms with Crippen LogP contribution in [0.2, 0.25) is 0 Å². The van der Waals surface area contributed by atoms with Crippen molar-refractivity contribution in [3.05, 3.63) is 11.1 Å². The molecule has 0 saturated carbocycles. The van der Waals surface area contributed by atoms with E-state index >= 15 is 0 Å². The molecule has 0 aliphatic carbocycles. The minimum absolute atomic E-state index is 0.290. The Kier molecular flexibility index (Phi) is 7.19. The molecule has 0 aliphatic heterocycles. The number of rotatable bonds is 9. The van der Waals surface area contributed by atoms with Crippen molar-refractivity contribution >= 4 is 16.5 Å². The SMILES string of the molecule is CNCc1cnc(N(CCOC)C(C)COC)s1. The Morgan fingerprint density at radius 2 is 2.22 bits per heavy atom. The molecule has 1 rings (SSSR count). The predicted molar refractivity (Wildman–Crippen MR) is 75.4 cm³/mol. The van der Waals surface area contributed by atoms with Crippen LogP contribution in [0.3, 0.4) is 0 Å². The average Bonchev–Trinajstić information content (AvgIpc) is 2.79. The van der Waals surface area contributed by atoms with E-state index in [2.05, 4.69) is 22.1 Å². The second-order valence-corrected chi connectivity index (χ2v) is 5.22. The number of nitrogens with one attached hydrogen (secondary N) is 1. The number of methoxy groups -OCH3 is 2. The summed E-state index contributed by atoms with van der Waals surface area (Å²) >= 11 is 1.71. The van der Waals surface area contributed by atoms with Gasteiger partial charge in [0.2, 0.25) is 0 Å². The molecule has 5 nitrogen and oxygen atoms in total. The molecular weight excluding hydrogens is 250 g/mol. The van der Waals surface area contributed by atoms with Crippen molar-refractivity contribution in [2.45, 2.75) is 19.5 Å². The maximum absolute atomic E-state index is 5.22. The van der Waals surface area contributed by atoms with Gasteiger partial charge in [-0.3, -0.25) is 0 Å². The first-order chi connectivity index (χ1) is 8.72. The van der Waals surface area contributed by atoms with Gasteiger partial charge in [-0.15, -0.1) is 11.3 Å². The van der Waals surface area contributed by atoms with Crippen LogP contribution in [0.15, 0.2) is 6.20 Å². The first kappa shape index (κ1) is 15.4. The Hall–Kier alpha value is -0.690. The second kappa shape index (κ2) is 8.42. The Morgan fingerprint density at radius 3 is 2.83 bits per heavy atom. The molecule has 1 atom stereocenters. The molecule has 104 valence electrons. The molecular formula is C12H23N3O2S. The minimum Gasteiger partial charge on any atom is -0.383 e. The Bertz CT molecular complexity index is 333. The van der Waals surface area contributed by atoms with E-state index < -0.39 is 0 Å². The smallest absolute Gasteiger partial charge is 0.185 e. The third-order valence-corrected chi connectivity index (χ3v) is 3.65. The number of aromatic nitrogens is 1. The summed E-state index contributed by atoms with van der Waals surface area (Å²) in [7, 11) is 5.38. The third kappa shape index (κ3) is 4.53. The highest BCUT2D eigenvalue weighted by atomic mass is 32.1. The van der Waals surface area contributed by atoms with Gasteiger partial charge in [-0.05, 0) is 14.0 Å². The molecule has 18 heavy (non-hydrogen) atoms. The van der Waals surface area contributed by atoms with Crippen molar-refractivity contribution in [2.24, 2.45) is 0 Å². The molecule has 1 heterocycles. The van der Waals surface area contributed by atoms with E-state index in [1.165, 1.54) is 4.88 Å². The molecule has 0 saturated heterocycles. The zero-order chi connectivity index (χ0) is 13.4. The van der Waals surface area contributed by atoms with Gasteiger partial charge in [-0.1, -0.05) is 0 Å². The molecule has 6 heteroatoms. The van der Waals surface area contributed by atoms with Gasteiger partial charge in [-0.2, -0.15) is 0 Å². The normalized spacial score (nSPS) is 12.7. The highest BCUT2D eigenvalue weighted by Crippen LogP contribution is 2.24. The molecule has 0 bridgehead atoms. The molecule has 1 aromatic heterocycles. The monoisotopic (exact) mass is 273 g/mol. The highest BCUT2D eigenvalue weighted by molar-refractivity contribution is 7.15.